The van der Waals surface area contributed by atoms with E-state index in [1.807, 2.05) is 6.20 Å². The van der Waals surface area contributed by atoms with Crippen molar-refractivity contribution in [2.45, 2.75) is 71.3 Å². The lowest BCUT2D eigenvalue weighted by molar-refractivity contribution is -0.125. The van der Waals surface area contributed by atoms with Crippen molar-refractivity contribution in [3.63, 3.8) is 0 Å². The average molecular weight is 364 g/mol. The van der Waals surface area contributed by atoms with Gasteiger partial charge in [-0.15, -0.1) is 0 Å². The van der Waals surface area contributed by atoms with Gasteiger partial charge < -0.3 is 5.11 Å². The standard InChI is InChI=1S/C25H33NO/c1-23-10-8-20-17(19(23)6-5-18(23)16-4-3-13-26-15-16)7-12-25-14-21(25)22(27)9-11-24(20,25)2/h3-5,13,15,17,19-22,27H,6-12,14H2,1-2H3. The molecule has 8 unspecified atom stereocenters. The highest BCUT2D eigenvalue weighted by Gasteiger charge is 2.73. The van der Waals surface area contributed by atoms with Crippen LogP contribution in [0.3, 0.4) is 0 Å². The first-order valence-corrected chi connectivity index (χ1v) is 11.3. The summed E-state index contributed by atoms with van der Waals surface area (Å²) >= 11 is 0. The van der Waals surface area contributed by atoms with Crippen LogP contribution in [0.1, 0.15) is 70.8 Å². The van der Waals surface area contributed by atoms with Crippen LogP contribution in [0.2, 0.25) is 0 Å². The van der Waals surface area contributed by atoms with Crippen molar-refractivity contribution in [1.29, 1.82) is 0 Å². The first kappa shape index (κ1) is 16.8. The predicted octanol–water partition coefficient (Wildman–Crippen LogP) is 5.48. The van der Waals surface area contributed by atoms with Crippen LogP contribution in [0.4, 0.5) is 0 Å². The maximum absolute atomic E-state index is 10.5. The van der Waals surface area contributed by atoms with Gasteiger partial charge in [-0.2, -0.15) is 0 Å². The summed E-state index contributed by atoms with van der Waals surface area (Å²) in [5.41, 5.74) is 4.24. The predicted molar refractivity (Wildman–Crippen MR) is 108 cm³/mol. The van der Waals surface area contributed by atoms with Gasteiger partial charge in [0.25, 0.3) is 0 Å². The zero-order valence-corrected chi connectivity index (χ0v) is 16.8. The molecule has 1 aromatic rings. The molecule has 6 rings (SSSR count). The molecule has 2 nitrogen and oxygen atoms in total. The summed E-state index contributed by atoms with van der Waals surface area (Å²) in [6.07, 6.45) is 16.9. The summed E-state index contributed by atoms with van der Waals surface area (Å²) in [5, 5.41) is 10.5. The summed E-state index contributed by atoms with van der Waals surface area (Å²) in [4.78, 5) is 4.40. The SMILES string of the molecule is CC12CCC3C(CCC45CC4C(O)CCC35C)C1CC=C2c1cccnc1. The summed E-state index contributed by atoms with van der Waals surface area (Å²) in [5.74, 6) is 3.19. The highest BCUT2D eigenvalue weighted by Crippen LogP contribution is 2.79. The Hall–Kier alpha value is -1.15. The lowest BCUT2D eigenvalue weighted by atomic mass is 9.43. The molecule has 1 spiro atoms. The monoisotopic (exact) mass is 363 g/mol. The topological polar surface area (TPSA) is 33.1 Å². The van der Waals surface area contributed by atoms with Crippen molar-refractivity contribution < 1.29 is 5.11 Å². The second-order valence-corrected chi connectivity index (χ2v) is 11.0. The van der Waals surface area contributed by atoms with Crippen molar-refractivity contribution in [2.24, 2.45) is 39.9 Å². The molecule has 0 saturated heterocycles. The van der Waals surface area contributed by atoms with E-state index in [-0.39, 0.29) is 6.10 Å². The van der Waals surface area contributed by atoms with Gasteiger partial charge in [-0.05, 0) is 108 Å². The maximum atomic E-state index is 10.5. The summed E-state index contributed by atoms with van der Waals surface area (Å²) in [6, 6.07) is 4.34. The molecule has 27 heavy (non-hydrogen) atoms. The smallest absolute Gasteiger partial charge is 0.0574 e. The first-order chi connectivity index (χ1) is 13.0. The fraction of sp³-hybridized carbons (Fsp3) is 0.720. The van der Waals surface area contributed by atoms with E-state index >= 15 is 0 Å². The third-order valence-corrected chi connectivity index (χ3v) is 10.4. The van der Waals surface area contributed by atoms with Gasteiger partial charge in [-0.25, -0.2) is 0 Å². The van der Waals surface area contributed by atoms with Crippen LogP contribution in [-0.2, 0) is 0 Å². The lowest BCUT2D eigenvalue weighted by Gasteiger charge is -2.61. The molecule has 1 N–H and O–H groups in total. The summed E-state index contributed by atoms with van der Waals surface area (Å²) in [6.45, 7) is 5.18. The largest absolute Gasteiger partial charge is 0.393 e. The molecule has 144 valence electrons. The number of rotatable bonds is 1. The van der Waals surface area contributed by atoms with Gasteiger partial charge in [0.05, 0.1) is 6.10 Å². The Morgan fingerprint density at radius 3 is 2.74 bits per heavy atom. The normalized spacial score (nSPS) is 52.9. The van der Waals surface area contributed by atoms with Crippen LogP contribution in [0.25, 0.3) is 5.57 Å². The molecular weight excluding hydrogens is 330 g/mol. The summed E-state index contributed by atoms with van der Waals surface area (Å²) in [7, 11) is 0. The zero-order valence-electron chi connectivity index (χ0n) is 16.8. The Morgan fingerprint density at radius 1 is 1.04 bits per heavy atom. The van der Waals surface area contributed by atoms with E-state index in [1.165, 1.54) is 50.5 Å². The highest BCUT2D eigenvalue weighted by atomic mass is 16.3. The van der Waals surface area contributed by atoms with Crippen LogP contribution in [0, 0.1) is 39.9 Å². The van der Waals surface area contributed by atoms with Crippen molar-refractivity contribution in [2.75, 3.05) is 0 Å². The number of hydrogen-bond acceptors (Lipinski definition) is 2. The van der Waals surface area contributed by atoms with Crippen molar-refractivity contribution in [3.8, 4) is 0 Å². The van der Waals surface area contributed by atoms with Crippen LogP contribution in [0.15, 0.2) is 30.6 Å². The fourth-order valence-corrected chi connectivity index (χ4v) is 8.96. The second kappa shape index (κ2) is 5.26. The minimum Gasteiger partial charge on any atom is -0.393 e. The Labute approximate surface area is 163 Å². The van der Waals surface area contributed by atoms with Gasteiger partial charge >= 0.3 is 0 Å². The third kappa shape index (κ3) is 1.94. The Bertz CT molecular complexity index is 802. The molecule has 0 radical (unpaired) electrons. The van der Waals surface area contributed by atoms with Crippen molar-refractivity contribution in [1.82, 2.24) is 4.98 Å². The fourth-order valence-electron chi connectivity index (χ4n) is 8.96. The molecule has 4 fully saturated rings. The van der Waals surface area contributed by atoms with E-state index in [0.717, 1.165) is 24.2 Å². The zero-order chi connectivity index (χ0) is 18.4. The molecule has 0 aromatic carbocycles. The number of pyridine rings is 1. The molecule has 1 aromatic heterocycles. The van der Waals surface area contributed by atoms with E-state index in [4.69, 9.17) is 0 Å². The van der Waals surface area contributed by atoms with Crippen LogP contribution in [0.5, 0.6) is 0 Å². The molecule has 1 heterocycles. The molecule has 0 bridgehead atoms. The Balaban J connectivity index is 1.33. The molecule has 0 amide bonds. The molecule has 5 aliphatic rings. The molecular formula is C25H33NO. The van der Waals surface area contributed by atoms with Gasteiger partial charge in [0.1, 0.15) is 0 Å². The number of allylic oxidation sites excluding steroid dienone is 2. The second-order valence-electron chi connectivity index (χ2n) is 11.0. The van der Waals surface area contributed by atoms with E-state index in [0.29, 0.717) is 22.2 Å². The van der Waals surface area contributed by atoms with E-state index in [1.54, 1.807) is 5.57 Å². The van der Waals surface area contributed by atoms with Gasteiger partial charge in [-0.1, -0.05) is 26.0 Å². The number of aliphatic hydroxyl groups is 1. The van der Waals surface area contributed by atoms with E-state index in [2.05, 4.69) is 43.2 Å². The quantitative estimate of drug-likeness (QED) is 0.717. The van der Waals surface area contributed by atoms with Gasteiger partial charge in [0.2, 0.25) is 0 Å². The molecule has 0 aliphatic heterocycles. The summed E-state index contributed by atoms with van der Waals surface area (Å²) < 4.78 is 0. The van der Waals surface area contributed by atoms with Crippen molar-refractivity contribution in [3.05, 3.63) is 36.2 Å². The van der Waals surface area contributed by atoms with E-state index < -0.39 is 0 Å². The minimum absolute atomic E-state index is 0.00573. The number of aromatic nitrogens is 1. The van der Waals surface area contributed by atoms with Crippen LogP contribution in [-0.4, -0.2) is 16.2 Å². The number of hydrogen-bond donors (Lipinski definition) is 1. The van der Waals surface area contributed by atoms with Crippen LogP contribution >= 0.6 is 0 Å². The first-order valence-electron chi connectivity index (χ1n) is 11.3. The number of aliphatic hydroxyl groups excluding tert-OH is 1. The third-order valence-electron chi connectivity index (χ3n) is 10.4. The molecule has 8 atom stereocenters. The Morgan fingerprint density at radius 2 is 1.93 bits per heavy atom. The minimum atomic E-state index is -0.00573. The number of nitrogens with zero attached hydrogens (tertiary/aromatic N) is 1. The highest BCUT2D eigenvalue weighted by molar-refractivity contribution is 5.72. The lowest BCUT2D eigenvalue weighted by Crippen LogP contribution is -2.54. The number of fused-ring (bicyclic) bond motifs is 4. The van der Waals surface area contributed by atoms with Crippen molar-refractivity contribution >= 4 is 5.57 Å². The average Bonchev–Trinajstić information content (AvgIpc) is 3.33. The Kier molecular flexibility index (Phi) is 3.27. The molecule has 5 aliphatic carbocycles. The molecule has 4 saturated carbocycles. The van der Waals surface area contributed by atoms with Crippen LogP contribution < -0.4 is 0 Å². The van der Waals surface area contributed by atoms with E-state index in [9.17, 15) is 5.11 Å². The van der Waals surface area contributed by atoms with Gasteiger partial charge in [0.15, 0.2) is 0 Å². The molecule has 2 heteroatoms. The maximum Gasteiger partial charge on any atom is 0.0574 e. The van der Waals surface area contributed by atoms with Gasteiger partial charge in [-0.3, -0.25) is 4.98 Å². The van der Waals surface area contributed by atoms with Gasteiger partial charge in [0, 0.05) is 12.4 Å².